The van der Waals surface area contributed by atoms with E-state index in [1.54, 1.807) is 0 Å². The smallest absolute Gasteiger partial charge is 0.125 e. The zero-order valence-corrected chi connectivity index (χ0v) is 3.65. The van der Waals surface area contributed by atoms with E-state index in [0.717, 1.165) is 12.0 Å². The summed E-state index contributed by atoms with van der Waals surface area (Å²) in [5.74, 6) is 0.801. The maximum absolute atomic E-state index is 3.19. The van der Waals surface area contributed by atoms with Crippen LogP contribution >= 0.6 is 0 Å². The summed E-state index contributed by atoms with van der Waals surface area (Å²) < 4.78 is 0. The van der Waals surface area contributed by atoms with Gasteiger partial charge in [-0.3, -0.25) is 0 Å². The number of nitrogens with one attached hydrogen (secondary N) is 1. The van der Waals surface area contributed by atoms with Crippen LogP contribution in [0.15, 0.2) is 0 Å². The van der Waals surface area contributed by atoms with Gasteiger partial charge in [0, 0.05) is 6.04 Å². The SMILES string of the molecule is BC1NC1C. The minimum absolute atomic E-state index is 0.801. The van der Waals surface area contributed by atoms with Gasteiger partial charge in [-0.25, -0.2) is 0 Å². The topological polar surface area (TPSA) is 21.9 Å². The number of hydrogen-bond acceptors (Lipinski definition) is 1. The molecule has 1 N–H and O–H groups in total. The third kappa shape index (κ3) is 0.455. The molecule has 2 atom stereocenters. The van der Waals surface area contributed by atoms with E-state index in [9.17, 15) is 0 Å². The molecular weight excluding hydrogens is 60.9 g/mol. The van der Waals surface area contributed by atoms with Gasteiger partial charge in [-0.15, -0.1) is 0 Å². The second-order valence-electron chi connectivity index (χ2n) is 1.74. The molecule has 1 heterocycles. The van der Waals surface area contributed by atoms with Gasteiger partial charge in [-0.1, -0.05) is 0 Å². The highest BCUT2D eigenvalue weighted by Gasteiger charge is 2.24. The van der Waals surface area contributed by atoms with Crippen LogP contribution in [-0.2, 0) is 0 Å². The summed E-state index contributed by atoms with van der Waals surface area (Å²) in [7, 11) is 2.19. The predicted octanol–water partition coefficient (Wildman–Crippen LogP) is -1.06. The summed E-state index contributed by atoms with van der Waals surface area (Å²) in [5, 5.41) is 3.19. The summed E-state index contributed by atoms with van der Waals surface area (Å²) in [5.41, 5.74) is 0. The van der Waals surface area contributed by atoms with Crippen molar-refractivity contribution in [2.24, 2.45) is 0 Å². The predicted molar refractivity (Wildman–Crippen MR) is 24.9 cm³/mol. The van der Waals surface area contributed by atoms with Crippen molar-refractivity contribution in [2.45, 2.75) is 18.9 Å². The maximum Gasteiger partial charge on any atom is 0.125 e. The van der Waals surface area contributed by atoms with Crippen LogP contribution in [0.3, 0.4) is 0 Å². The number of rotatable bonds is 0. The van der Waals surface area contributed by atoms with E-state index in [-0.39, 0.29) is 0 Å². The van der Waals surface area contributed by atoms with Gasteiger partial charge in [-0.05, 0) is 12.9 Å². The molecule has 1 saturated heterocycles. The quantitative estimate of drug-likeness (QED) is 0.284. The van der Waals surface area contributed by atoms with E-state index >= 15 is 0 Å². The summed E-state index contributed by atoms with van der Waals surface area (Å²) in [6, 6.07) is 0.801. The Morgan fingerprint density at radius 3 is 2.00 bits per heavy atom. The Labute approximate surface area is 33.2 Å². The van der Waals surface area contributed by atoms with Gasteiger partial charge in [0.1, 0.15) is 7.85 Å². The number of hydrogen-bond donors (Lipinski definition) is 1. The van der Waals surface area contributed by atoms with E-state index in [0.29, 0.717) is 0 Å². The van der Waals surface area contributed by atoms with Gasteiger partial charge < -0.3 is 5.32 Å². The first-order chi connectivity index (χ1) is 2.30. The zero-order chi connectivity index (χ0) is 3.86. The van der Waals surface area contributed by atoms with Crippen molar-refractivity contribution in [3.8, 4) is 0 Å². The molecule has 1 aliphatic heterocycles. The molecule has 0 spiro atoms. The lowest BCUT2D eigenvalue weighted by Crippen LogP contribution is -1.83. The average Bonchev–Trinajstić information content (AvgIpc) is 1.79. The molecule has 1 fully saturated rings. The van der Waals surface area contributed by atoms with Crippen molar-refractivity contribution in [1.82, 2.24) is 5.32 Å². The first-order valence-electron chi connectivity index (χ1n) is 2.07. The van der Waals surface area contributed by atoms with Gasteiger partial charge >= 0.3 is 0 Å². The van der Waals surface area contributed by atoms with Crippen molar-refractivity contribution in [1.29, 1.82) is 0 Å². The first-order valence-corrected chi connectivity index (χ1v) is 2.07. The fraction of sp³-hybridized carbons (Fsp3) is 1.00. The Hall–Kier alpha value is 0.0249. The monoisotopic (exact) mass is 69.1 g/mol. The van der Waals surface area contributed by atoms with Crippen LogP contribution in [0.4, 0.5) is 0 Å². The van der Waals surface area contributed by atoms with Crippen LogP contribution in [-0.4, -0.2) is 19.8 Å². The van der Waals surface area contributed by atoms with E-state index in [2.05, 4.69) is 20.1 Å². The molecular formula is C3H8BN. The van der Waals surface area contributed by atoms with E-state index in [4.69, 9.17) is 0 Å². The van der Waals surface area contributed by atoms with Crippen molar-refractivity contribution < 1.29 is 0 Å². The zero-order valence-electron chi connectivity index (χ0n) is 3.65. The van der Waals surface area contributed by atoms with Gasteiger partial charge in [0.15, 0.2) is 0 Å². The van der Waals surface area contributed by atoms with Crippen molar-refractivity contribution >= 4 is 7.85 Å². The maximum atomic E-state index is 3.19. The van der Waals surface area contributed by atoms with Gasteiger partial charge in [0.2, 0.25) is 0 Å². The lowest BCUT2D eigenvalue weighted by Gasteiger charge is -1.61. The molecule has 0 aliphatic carbocycles. The Morgan fingerprint density at radius 2 is 2.00 bits per heavy atom. The standard InChI is InChI=1S/C3H8BN/c1-2-3(4)5-2/h2-3,5H,4H2,1H3. The lowest BCUT2D eigenvalue weighted by molar-refractivity contribution is 1.09. The molecule has 1 aliphatic rings. The Balaban J connectivity index is 2.20. The summed E-state index contributed by atoms with van der Waals surface area (Å²) >= 11 is 0. The molecule has 0 amide bonds. The third-order valence-electron chi connectivity index (χ3n) is 1.17. The van der Waals surface area contributed by atoms with Crippen LogP contribution in [0.2, 0.25) is 0 Å². The normalized spacial score (nSPS) is 49.0. The van der Waals surface area contributed by atoms with E-state index < -0.39 is 0 Å². The first kappa shape index (κ1) is 3.22. The van der Waals surface area contributed by atoms with Crippen molar-refractivity contribution in [3.05, 3.63) is 0 Å². The summed E-state index contributed by atoms with van der Waals surface area (Å²) in [6.45, 7) is 2.19. The molecule has 0 bridgehead atoms. The Morgan fingerprint density at radius 1 is 1.80 bits per heavy atom. The second-order valence-corrected chi connectivity index (χ2v) is 1.74. The van der Waals surface area contributed by atoms with Crippen LogP contribution in [0.1, 0.15) is 6.92 Å². The van der Waals surface area contributed by atoms with E-state index in [1.165, 1.54) is 0 Å². The Bertz CT molecular complexity index is 40.2. The fourth-order valence-corrected chi connectivity index (χ4v) is 0.359. The second kappa shape index (κ2) is 0.746. The molecule has 0 aromatic heterocycles. The summed E-state index contributed by atoms with van der Waals surface area (Å²) in [4.78, 5) is 0. The minimum Gasteiger partial charge on any atom is -0.317 e. The highest BCUT2D eigenvalue weighted by Crippen LogP contribution is 2.01. The molecule has 0 aromatic rings. The van der Waals surface area contributed by atoms with Crippen molar-refractivity contribution in [2.75, 3.05) is 0 Å². The molecule has 2 unspecified atom stereocenters. The summed E-state index contributed by atoms with van der Waals surface area (Å²) in [6.07, 6.45) is 0. The van der Waals surface area contributed by atoms with Crippen LogP contribution < -0.4 is 5.32 Å². The van der Waals surface area contributed by atoms with Gasteiger partial charge in [0.25, 0.3) is 0 Å². The average molecular weight is 68.9 g/mol. The van der Waals surface area contributed by atoms with Crippen LogP contribution in [0, 0.1) is 0 Å². The van der Waals surface area contributed by atoms with Gasteiger partial charge in [-0.2, -0.15) is 0 Å². The highest BCUT2D eigenvalue weighted by atomic mass is 15.1. The lowest BCUT2D eigenvalue weighted by atomic mass is 10.0. The molecule has 28 valence electrons. The van der Waals surface area contributed by atoms with Crippen LogP contribution in [0.5, 0.6) is 0 Å². The molecule has 2 heteroatoms. The van der Waals surface area contributed by atoms with Crippen LogP contribution in [0.25, 0.3) is 0 Å². The highest BCUT2D eigenvalue weighted by molar-refractivity contribution is 6.14. The third-order valence-corrected chi connectivity index (χ3v) is 1.17. The molecule has 5 heavy (non-hydrogen) atoms. The minimum atomic E-state index is 0.801. The molecule has 0 aromatic carbocycles. The molecule has 1 rings (SSSR count). The molecule has 0 saturated carbocycles. The molecule has 1 nitrogen and oxygen atoms in total. The van der Waals surface area contributed by atoms with E-state index in [1.807, 2.05) is 0 Å². The largest absolute Gasteiger partial charge is 0.317 e. The molecule has 0 radical (unpaired) electrons. The van der Waals surface area contributed by atoms with Gasteiger partial charge in [0.05, 0.1) is 0 Å². The van der Waals surface area contributed by atoms with Crippen molar-refractivity contribution in [3.63, 3.8) is 0 Å². The fourth-order valence-electron chi connectivity index (χ4n) is 0.359. The Kier molecular flexibility index (Phi) is 0.481.